The molecule has 0 bridgehead atoms. The number of ether oxygens (including phenoxy) is 2. The van der Waals surface area contributed by atoms with Crippen LogP contribution in [0, 0.1) is 0 Å². The van der Waals surface area contributed by atoms with Gasteiger partial charge in [0.1, 0.15) is 0 Å². The summed E-state index contributed by atoms with van der Waals surface area (Å²) in [5, 5.41) is 0. The van der Waals surface area contributed by atoms with Gasteiger partial charge in [-0.1, -0.05) is 43.7 Å². The molecule has 0 radical (unpaired) electrons. The summed E-state index contributed by atoms with van der Waals surface area (Å²) < 4.78 is 10.5. The third-order valence-electron chi connectivity index (χ3n) is 4.03. The summed E-state index contributed by atoms with van der Waals surface area (Å²) in [6.07, 6.45) is 1.57. The van der Waals surface area contributed by atoms with E-state index in [9.17, 15) is 9.59 Å². The van der Waals surface area contributed by atoms with Crippen molar-refractivity contribution in [3.8, 4) is 11.5 Å². The number of amides is 2. The Morgan fingerprint density at radius 1 is 1.04 bits per heavy atom. The van der Waals surface area contributed by atoms with Crippen molar-refractivity contribution in [1.82, 2.24) is 10.9 Å². The van der Waals surface area contributed by atoms with E-state index in [1.54, 1.807) is 18.2 Å². The molecule has 0 saturated carbocycles. The molecule has 0 fully saturated rings. The van der Waals surface area contributed by atoms with Crippen LogP contribution in [0.15, 0.2) is 48.5 Å². The summed E-state index contributed by atoms with van der Waals surface area (Å²) in [7, 11) is 0. The van der Waals surface area contributed by atoms with Crippen molar-refractivity contribution in [2.24, 2.45) is 0 Å². The summed E-state index contributed by atoms with van der Waals surface area (Å²) in [5.41, 5.74) is 6.30. The Kier molecular flexibility index (Phi) is 5.18. The summed E-state index contributed by atoms with van der Waals surface area (Å²) in [5.74, 6) is 0.181. The van der Waals surface area contributed by atoms with Gasteiger partial charge in [0, 0.05) is 5.56 Å². The van der Waals surface area contributed by atoms with E-state index in [0.29, 0.717) is 23.5 Å². The molecule has 0 aliphatic carbocycles. The maximum atomic E-state index is 12.5. The lowest BCUT2D eigenvalue weighted by Crippen LogP contribution is -2.44. The molecule has 0 aromatic heterocycles. The first-order valence-electron chi connectivity index (χ1n) is 8.24. The Bertz CT molecular complexity index is 761. The maximum absolute atomic E-state index is 12.5. The fourth-order valence-corrected chi connectivity index (χ4v) is 2.74. The molecule has 1 atom stereocenters. The van der Waals surface area contributed by atoms with Crippen molar-refractivity contribution < 1.29 is 19.1 Å². The zero-order valence-electron chi connectivity index (χ0n) is 14.0. The Hall–Kier alpha value is -3.02. The third-order valence-corrected chi connectivity index (χ3v) is 4.03. The van der Waals surface area contributed by atoms with Gasteiger partial charge in [0.05, 0.1) is 5.92 Å². The number of nitrogens with one attached hydrogen (secondary N) is 2. The minimum atomic E-state index is -0.407. The zero-order chi connectivity index (χ0) is 17.6. The molecule has 1 heterocycles. The standard InChI is InChI=1S/C19H20N2O4/c1-2-6-15(13-7-4-3-5-8-13)19(23)21-20-18(22)14-9-10-16-17(11-14)25-12-24-16/h3-5,7-11,15H,2,6,12H2,1H3,(H,20,22)(H,21,23)/t15-/m0/s1. The van der Waals surface area contributed by atoms with Gasteiger partial charge in [0.25, 0.3) is 5.91 Å². The van der Waals surface area contributed by atoms with Gasteiger partial charge in [0.2, 0.25) is 12.7 Å². The Morgan fingerprint density at radius 3 is 2.56 bits per heavy atom. The lowest BCUT2D eigenvalue weighted by atomic mass is 9.94. The van der Waals surface area contributed by atoms with E-state index in [1.807, 2.05) is 37.3 Å². The number of carbonyl (C=O) groups is 2. The van der Waals surface area contributed by atoms with E-state index in [2.05, 4.69) is 10.9 Å². The number of hydrazine groups is 1. The molecule has 25 heavy (non-hydrogen) atoms. The van der Waals surface area contributed by atoms with Gasteiger partial charge in [-0.25, -0.2) is 0 Å². The second-order valence-corrected chi connectivity index (χ2v) is 5.76. The van der Waals surface area contributed by atoms with Gasteiger partial charge < -0.3 is 9.47 Å². The van der Waals surface area contributed by atoms with Crippen LogP contribution in [0.5, 0.6) is 11.5 Å². The minimum Gasteiger partial charge on any atom is -0.454 e. The van der Waals surface area contributed by atoms with E-state index >= 15 is 0 Å². The molecule has 3 rings (SSSR count). The highest BCUT2D eigenvalue weighted by Crippen LogP contribution is 2.32. The molecule has 6 nitrogen and oxygen atoms in total. The average Bonchev–Trinajstić information content (AvgIpc) is 3.12. The molecule has 2 aromatic rings. The third kappa shape index (κ3) is 3.91. The number of hydrogen-bond donors (Lipinski definition) is 2. The first-order valence-corrected chi connectivity index (χ1v) is 8.24. The van der Waals surface area contributed by atoms with Crippen molar-refractivity contribution in [2.45, 2.75) is 25.7 Å². The number of carbonyl (C=O) groups excluding carboxylic acids is 2. The van der Waals surface area contributed by atoms with Crippen LogP contribution in [-0.4, -0.2) is 18.6 Å². The lowest BCUT2D eigenvalue weighted by molar-refractivity contribution is -0.123. The van der Waals surface area contributed by atoms with Crippen LogP contribution in [0.2, 0.25) is 0 Å². The largest absolute Gasteiger partial charge is 0.454 e. The molecule has 2 amide bonds. The van der Waals surface area contributed by atoms with Crippen LogP contribution in [0.4, 0.5) is 0 Å². The number of hydrogen-bond acceptors (Lipinski definition) is 4. The molecule has 0 unspecified atom stereocenters. The minimum absolute atomic E-state index is 0.146. The van der Waals surface area contributed by atoms with Crippen molar-refractivity contribution in [3.05, 3.63) is 59.7 Å². The predicted molar refractivity (Wildman–Crippen MR) is 92.3 cm³/mol. The van der Waals surface area contributed by atoms with Gasteiger partial charge >= 0.3 is 0 Å². The molecule has 2 N–H and O–H groups in total. The summed E-state index contributed by atoms with van der Waals surface area (Å²) in [4.78, 5) is 24.7. The number of rotatable bonds is 5. The van der Waals surface area contributed by atoms with Gasteiger partial charge in [-0.2, -0.15) is 0 Å². The fraction of sp³-hybridized carbons (Fsp3) is 0.263. The fourth-order valence-electron chi connectivity index (χ4n) is 2.74. The number of benzene rings is 2. The molecular formula is C19H20N2O4. The van der Waals surface area contributed by atoms with Crippen LogP contribution in [-0.2, 0) is 4.79 Å². The highest BCUT2D eigenvalue weighted by Gasteiger charge is 2.21. The highest BCUT2D eigenvalue weighted by atomic mass is 16.7. The Balaban J connectivity index is 1.63. The van der Waals surface area contributed by atoms with E-state index in [1.165, 1.54) is 0 Å². The maximum Gasteiger partial charge on any atom is 0.269 e. The van der Waals surface area contributed by atoms with Crippen molar-refractivity contribution in [3.63, 3.8) is 0 Å². The highest BCUT2D eigenvalue weighted by molar-refractivity contribution is 5.96. The van der Waals surface area contributed by atoms with Gasteiger partial charge in [-0.3, -0.25) is 20.4 Å². The second-order valence-electron chi connectivity index (χ2n) is 5.76. The Labute approximate surface area is 146 Å². The smallest absolute Gasteiger partial charge is 0.269 e. The van der Waals surface area contributed by atoms with Gasteiger partial charge in [-0.15, -0.1) is 0 Å². The van der Waals surface area contributed by atoms with Crippen LogP contribution in [0.3, 0.4) is 0 Å². The van der Waals surface area contributed by atoms with Crippen molar-refractivity contribution >= 4 is 11.8 Å². The van der Waals surface area contributed by atoms with E-state index in [0.717, 1.165) is 12.0 Å². The molecule has 130 valence electrons. The SMILES string of the molecule is CCC[C@H](C(=O)NNC(=O)c1ccc2c(c1)OCO2)c1ccccc1. The molecular weight excluding hydrogens is 320 g/mol. The second kappa shape index (κ2) is 7.70. The molecule has 0 saturated heterocycles. The quantitative estimate of drug-likeness (QED) is 0.821. The van der Waals surface area contributed by atoms with Gasteiger partial charge in [0.15, 0.2) is 11.5 Å². The van der Waals surface area contributed by atoms with E-state index in [-0.39, 0.29) is 18.6 Å². The van der Waals surface area contributed by atoms with E-state index in [4.69, 9.17) is 9.47 Å². The molecule has 2 aromatic carbocycles. The normalized spacial score (nSPS) is 13.2. The van der Waals surface area contributed by atoms with Crippen molar-refractivity contribution in [2.75, 3.05) is 6.79 Å². The molecule has 6 heteroatoms. The first kappa shape index (κ1) is 16.8. The monoisotopic (exact) mass is 340 g/mol. The van der Waals surface area contributed by atoms with Crippen LogP contribution in [0.25, 0.3) is 0 Å². The van der Waals surface area contributed by atoms with Gasteiger partial charge in [-0.05, 0) is 30.2 Å². The van der Waals surface area contributed by atoms with E-state index < -0.39 is 5.91 Å². The Morgan fingerprint density at radius 2 is 1.80 bits per heavy atom. The van der Waals surface area contributed by atoms with Crippen molar-refractivity contribution in [1.29, 1.82) is 0 Å². The van der Waals surface area contributed by atoms with Crippen LogP contribution >= 0.6 is 0 Å². The topological polar surface area (TPSA) is 76.7 Å². The zero-order valence-corrected chi connectivity index (χ0v) is 14.0. The molecule has 1 aliphatic rings. The molecule has 1 aliphatic heterocycles. The van der Waals surface area contributed by atoms with Crippen LogP contribution < -0.4 is 20.3 Å². The number of fused-ring (bicyclic) bond motifs is 1. The average molecular weight is 340 g/mol. The summed E-state index contributed by atoms with van der Waals surface area (Å²) in [6, 6.07) is 14.4. The van der Waals surface area contributed by atoms with Crippen LogP contribution in [0.1, 0.15) is 41.6 Å². The molecule has 0 spiro atoms. The summed E-state index contributed by atoms with van der Waals surface area (Å²) in [6.45, 7) is 2.17. The predicted octanol–water partition coefficient (Wildman–Crippen LogP) is 2.76. The lowest BCUT2D eigenvalue weighted by Gasteiger charge is -2.17. The first-order chi connectivity index (χ1) is 12.2. The summed E-state index contributed by atoms with van der Waals surface area (Å²) >= 11 is 0.